The van der Waals surface area contributed by atoms with Gasteiger partial charge >= 0.3 is 0 Å². The molecule has 0 radical (unpaired) electrons. The minimum Gasteiger partial charge on any atom is -0.482 e. The van der Waals surface area contributed by atoms with Crippen LogP contribution in [0.4, 0.5) is 28.4 Å². The highest BCUT2D eigenvalue weighted by atomic mass is 16.5. The van der Waals surface area contributed by atoms with E-state index in [2.05, 4.69) is 119 Å². The van der Waals surface area contributed by atoms with Gasteiger partial charge in [-0.1, -0.05) is 66.8 Å². The van der Waals surface area contributed by atoms with Crippen molar-refractivity contribution in [2.24, 2.45) is 0 Å². The lowest BCUT2D eigenvalue weighted by molar-refractivity contribution is 0.218. The third-order valence-corrected chi connectivity index (χ3v) is 6.16. The molecular weight excluding hydrogens is 404 g/mol. The number of ether oxygens (including phenoxy) is 1. The third-order valence-electron chi connectivity index (χ3n) is 6.16. The zero-order chi connectivity index (χ0) is 22.0. The van der Waals surface area contributed by atoms with Crippen LogP contribution in [-0.4, -0.2) is 12.1 Å². The normalized spacial score (nSPS) is 18.2. The summed E-state index contributed by atoms with van der Waals surface area (Å²) in [4.78, 5) is 4.66. The average molecular weight is 429 g/mol. The predicted molar refractivity (Wildman–Crippen MR) is 136 cm³/mol. The molecule has 0 saturated heterocycles. The summed E-state index contributed by atoms with van der Waals surface area (Å²) in [6, 6.07) is 38.2. The van der Waals surface area contributed by atoms with Gasteiger partial charge in [0.2, 0.25) is 0 Å². The average Bonchev–Trinajstić information content (AvgIpc) is 2.89. The lowest BCUT2D eigenvalue weighted by Gasteiger charge is -2.42. The van der Waals surface area contributed by atoms with Gasteiger partial charge in [-0.05, 0) is 66.7 Å². The van der Waals surface area contributed by atoms with Crippen LogP contribution >= 0.6 is 0 Å². The highest BCUT2D eigenvalue weighted by Crippen LogP contribution is 2.43. The van der Waals surface area contributed by atoms with Crippen molar-refractivity contribution in [3.05, 3.63) is 133 Å². The summed E-state index contributed by atoms with van der Waals surface area (Å²) >= 11 is 0. The number of anilines is 5. The lowest BCUT2D eigenvalue weighted by Crippen LogP contribution is -2.46. The lowest BCUT2D eigenvalue weighted by atomic mass is 9.99. The maximum atomic E-state index is 6.28. The summed E-state index contributed by atoms with van der Waals surface area (Å²) in [5.41, 5.74) is 5.62. The fourth-order valence-corrected chi connectivity index (χ4v) is 4.65. The number of allylic oxidation sites excluding steroid dienone is 2. The molecule has 2 atom stereocenters. The molecule has 4 aromatic rings. The molecule has 4 aromatic carbocycles. The molecule has 0 spiro atoms. The second kappa shape index (κ2) is 8.36. The minimum atomic E-state index is -0.00490. The monoisotopic (exact) mass is 428 g/mol. The number of benzene rings is 4. The van der Waals surface area contributed by atoms with Gasteiger partial charge < -0.3 is 14.5 Å². The van der Waals surface area contributed by atoms with Crippen LogP contribution < -0.4 is 14.5 Å². The second-order valence-corrected chi connectivity index (χ2v) is 8.20. The SMILES string of the molecule is C1=CC2Oc3ccccc3N(c3ccc(N(c4ccccc4)c4ccccc4)cc3)C2C=C1. The molecule has 0 N–H and O–H groups in total. The Kier molecular flexibility index (Phi) is 4.93. The van der Waals surface area contributed by atoms with Crippen molar-refractivity contribution in [3.63, 3.8) is 0 Å². The van der Waals surface area contributed by atoms with Gasteiger partial charge in [0.1, 0.15) is 11.9 Å². The Morgan fingerprint density at radius 2 is 1.15 bits per heavy atom. The van der Waals surface area contributed by atoms with E-state index in [9.17, 15) is 0 Å². The summed E-state index contributed by atoms with van der Waals surface area (Å²) in [5.74, 6) is 0.915. The summed E-state index contributed by atoms with van der Waals surface area (Å²) in [7, 11) is 0. The van der Waals surface area contributed by atoms with Gasteiger partial charge in [0.25, 0.3) is 0 Å². The molecular formula is C30H24N2O. The number of nitrogens with zero attached hydrogens (tertiary/aromatic N) is 2. The van der Waals surface area contributed by atoms with Crippen molar-refractivity contribution in [2.75, 3.05) is 9.80 Å². The number of hydrogen-bond acceptors (Lipinski definition) is 3. The van der Waals surface area contributed by atoms with E-state index in [4.69, 9.17) is 4.74 Å². The van der Waals surface area contributed by atoms with Crippen molar-refractivity contribution < 1.29 is 4.74 Å². The van der Waals surface area contributed by atoms with Crippen molar-refractivity contribution in [2.45, 2.75) is 12.1 Å². The molecule has 0 bridgehead atoms. The van der Waals surface area contributed by atoms with E-state index in [1.54, 1.807) is 0 Å². The first-order valence-electron chi connectivity index (χ1n) is 11.3. The Bertz CT molecular complexity index is 1260. The Morgan fingerprint density at radius 3 is 1.85 bits per heavy atom. The van der Waals surface area contributed by atoms with E-state index in [-0.39, 0.29) is 12.1 Å². The van der Waals surface area contributed by atoms with Gasteiger partial charge in [0.05, 0.1) is 11.7 Å². The van der Waals surface area contributed by atoms with Crippen LogP contribution in [0.1, 0.15) is 0 Å². The largest absolute Gasteiger partial charge is 0.482 e. The smallest absolute Gasteiger partial charge is 0.144 e. The molecule has 160 valence electrons. The minimum absolute atomic E-state index is 0.00490. The molecule has 0 saturated carbocycles. The summed E-state index contributed by atoms with van der Waals surface area (Å²) in [6.45, 7) is 0. The molecule has 2 aliphatic rings. The second-order valence-electron chi connectivity index (χ2n) is 8.20. The molecule has 1 heterocycles. The van der Waals surface area contributed by atoms with Gasteiger partial charge in [-0.2, -0.15) is 0 Å². The highest BCUT2D eigenvalue weighted by Gasteiger charge is 2.34. The quantitative estimate of drug-likeness (QED) is 0.334. The Hall–Kier alpha value is -4.24. The highest BCUT2D eigenvalue weighted by molar-refractivity contribution is 5.79. The van der Waals surface area contributed by atoms with Gasteiger partial charge in [0.15, 0.2) is 0 Å². The molecule has 6 rings (SSSR count). The van der Waals surface area contributed by atoms with Crippen LogP contribution in [0.3, 0.4) is 0 Å². The molecule has 0 amide bonds. The number of hydrogen-bond donors (Lipinski definition) is 0. The molecule has 1 aliphatic carbocycles. The molecule has 1 aliphatic heterocycles. The van der Waals surface area contributed by atoms with Gasteiger partial charge in [0, 0.05) is 22.7 Å². The van der Waals surface area contributed by atoms with Gasteiger partial charge in [-0.15, -0.1) is 0 Å². The number of rotatable bonds is 4. The number of para-hydroxylation sites is 4. The predicted octanol–water partition coefficient (Wildman–Crippen LogP) is 7.55. The Morgan fingerprint density at radius 1 is 0.576 bits per heavy atom. The zero-order valence-corrected chi connectivity index (χ0v) is 18.2. The molecule has 0 aromatic heterocycles. The van der Waals surface area contributed by atoms with Gasteiger partial charge in [-0.3, -0.25) is 0 Å². The van der Waals surface area contributed by atoms with Crippen LogP contribution in [0.15, 0.2) is 133 Å². The van der Waals surface area contributed by atoms with E-state index in [0.29, 0.717) is 0 Å². The summed E-state index contributed by atoms with van der Waals surface area (Å²) in [6.07, 6.45) is 8.51. The standard InChI is InChI=1S/C30H24N2O/c1-3-11-23(12-4-1)31(24-13-5-2-6-14-24)25-19-21-26(22-20-25)32-27-15-7-9-17-29(27)33-30-18-10-8-16-28(30)32/h1-22,27,29H. The summed E-state index contributed by atoms with van der Waals surface area (Å²) in [5, 5.41) is 0. The van der Waals surface area contributed by atoms with E-state index in [1.165, 1.54) is 0 Å². The van der Waals surface area contributed by atoms with Crippen molar-refractivity contribution in [3.8, 4) is 5.75 Å². The first kappa shape index (κ1) is 19.4. The van der Waals surface area contributed by atoms with Crippen LogP contribution in [0.25, 0.3) is 0 Å². The van der Waals surface area contributed by atoms with Gasteiger partial charge in [-0.25, -0.2) is 0 Å². The first-order chi connectivity index (χ1) is 16.4. The summed E-state index contributed by atoms with van der Waals surface area (Å²) < 4.78 is 6.28. The fraction of sp³-hybridized carbons (Fsp3) is 0.0667. The molecule has 3 heteroatoms. The van der Waals surface area contributed by atoms with E-state index in [1.807, 2.05) is 24.3 Å². The van der Waals surface area contributed by atoms with Crippen molar-refractivity contribution >= 4 is 28.4 Å². The van der Waals surface area contributed by atoms with E-state index < -0.39 is 0 Å². The van der Waals surface area contributed by atoms with Crippen LogP contribution in [0.5, 0.6) is 5.75 Å². The van der Waals surface area contributed by atoms with Crippen molar-refractivity contribution in [1.82, 2.24) is 0 Å². The third kappa shape index (κ3) is 3.58. The fourth-order valence-electron chi connectivity index (χ4n) is 4.65. The zero-order valence-electron chi connectivity index (χ0n) is 18.2. The molecule has 33 heavy (non-hydrogen) atoms. The Labute approximate surface area is 194 Å². The molecule has 2 unspecified atom stereocenters. The molecule has 0 fully saturated rings. The van der Waals surface area contributed by atoms with E-state index >= 15 is 0 Å². The van der Waals surface area contributed by atoms with Crippen LogP contribution in [-0.2, 0) is 0 Å². The Balaban J connectivity index is 1.41. The maximum Gasteiger partial charge on any atom is 0.144 e. The van der Waals surface area contributed by atoms with E-state index in [0.717, 1.165) is 34.2 Å². The number of fused-ring (bicyclic) bond motifs is 2. The topological polar surface area (TPSA) is 15.7 Å². The van der Waals surface area contributed by atoms with Crippen molar-refractivity contribution in [1.29, 1.82) is 0 Å². The maximum absolute atomic E-state index is 6.28. The van der Waals surface area contributed by atoms with Crippen LogP contribution in [0, 0.1) is 0 Å². The van der Waals surface area contributed by atoms with Crippen LogP contribution in [0.2, 0.25) is 0 Å². The first-order valence-corrected chi connectivity index (χ1v) is 11.3. The molecule has 3 nitrogen and oxygen atoms in total.